The number of halogens is 1. The van der Waals surface area contributed by atoms with Crippen LogP contribution in [-0.2, 0) is 12.8 Å². The Morgan fingerprint density at radius 2 is 1.77 bits per heavy atom. The third kappa shape index (κ3) is 5.74. The van der Waals surface area contributed by atoms with Crippen LogP contribution in [0.25, 0.3) is 0 Å². The summed E-state index contributed by atoms with van der Waals surface area (Å²) in [5, 5.41) is 0. The predicted octanol–water partition coefficient (Wildman–Crippen LogP) is 3.16. The first-order valence-electron chi connectivity index (χ1n) is 7.68. The summed E-state index contributed by atoms with van der Waals surface area (Å²) in [6, 6.07) is 7.60. The van der Waals surface area contributed by atoms with Gasteiger partial charge in [0, 0.05) is 10.9 Å². The molecule has 4 N–H and O–H groups in total. The van der Waals surface area contributed by atoms with Crippen LogP contribution in [0, 0.1) is 0 Å². The summed E-state index contributed by atoms with van der Waals surface area (Å²) < 4.78 is 0. The summed E-state index contributed by atoms with van der Waals surface area (Å²) in [5.74, 6) is 0. The van der Waals surface area contributed by atoms with Crippen molar-refractivity contribution in [1.29, 1.82) is 0 Å². The summed E-state index contributed by atoms with van der Waals surface area (Å²) in [6.07, 6.45) is 8.60. The Morgan fingerprint density at radius 1 is 1.14 bits per heavy atom. The lowest BCUT2D eigenvalue weighted by Gasteiger charge is -2.35. The second-order valence-corrected chi connectivity index (χ2v) is 6.38. The normalized spacial score (nSPS) is 16.1. The predicted molar refractivity (Wildman–Crippen MR) is 101 cm³/mol. The molecule has 22 heavy (non-hydrogen) atoms. The van der Waals surface area contributed by atoms with Crippen molar-refractivity contribution in [1.82, 2.24) is 4.90 Å². The third-order valence-corrected chi connectivity index (χ3v) is 5.00. The molecule has 0 bridgehead atoms. The average molecular weight is 350 g/mol. The van der Waals surface area contributed by atoms with E-state index < -0.39 is 0 Å². The molecule has 0 heterocycles. The first-order chi connectivity index (χ1) is 9.30. The second-order valence-electron chi connectivity index (χ2n) is 5.53. The zero-order valence-electron chi connectivity index (χ0n) is 14.0. The molecule has 3 nitrogen and oxygen atoms in total. The quantitative estimate of drug-likeness (QED) is 0.740. The summed E-state index contributed by atoms with van der Waals surface area (Å²) in [5.41, 5.74) is 3.22. The number of nitrogens with zero attached hydrogens (tertiary/aromatic N) is 1. The largest absolute Gasteiger partial charge is 0.412 e. The zero-order valence-corrected chi connectivity index (χ0v) is 15.7. The van der Waals surface area contributed by atoms with Crippen molar-refractivity contribution in [3.05, 3.63) is 29.3 Å². The van der Waals surface area contributed by atoms with Crippen LogP contribution in [0.4, 0.5) is 0 Å². The van der Waals surface area contributed by atoms with E-state index in [0.717, 1.165) is 6.04 Å². The summed E-state index contributed by atoms with van der Waals surface area (Å²) in [7, 11) is 0. The lowest BCUT2D eigenvalue weighted by molar-refractivity contribution is 0.179. The monoisotopic (exact) mass is 349 g/mol. The lowest BCUT2D eigenvalue weighted by Crippen LogP contribution is -2.40. The highest BCUT2D eigenvalue weighted by Crippen LogP contribution is 2.31. The Kier molecular flexibility index (Phi) is 13.3. The van der Waals surface area contributed by atoms with Gasteiger partial charge in [-0.1, -0.05) is 26.0 Å². The molecule has 1 unspecified atom stereocenters. The molecule has 0 fully saturated rings. The van der Waals surface area contributed by atoms with Gasteiger partial charge >= 0.3 is 0 Å². The van der Waals surface area contributed by atoms with E-state index in [4.69, 9.17) is 0 Å². The minimum atomic E-state index is 0. The Bertz CT molecular complexity index is 397. The maximum atomic E-state index is 2.72. The SMILES string of the molecule is CCCN(CCC)C1CCc2cccc(SC)c2C1.Cl.O.O. The van der Waals surface area contributed by atoms with Gasteiger partial charge in [0.15, 0.2) is 0 Å². The standard InChI is InChI=1S/C17H27NS.ClH.2H2O/c1-4-11-18(12-5-2)15-10-9-14-7-6-8-17(19-3)16(14)13-15;;;/h6-8,15H,4-5,9-13H2,1-3H3;1H;2*1H2. The van der Waals surface area contributed by atoms with Gasteiger partial charge in [0.25, 0.3) is 0 Å². The molecule has 0 aromatic heterocycles. The molecule has 0 spiro atoms. The molecule has 1 aromatic carbocycles. The van der Waals surface area contributed by atoms with E-state index in [1.165, 1.54) is 50.1 Å². The molecule has 0 amide bonds. The number of fused-ring (bicyclic) bond motifs is 1. The molecule has 5 heteroatoms. The molecule has 0 saturated carbocycles. The van der Waals surface area contributed by atoms with Crippen LogP contribution in [-0.4, -0.2) is 41.2 Å². The fourth-order valence-corrected chi connectivity index (χ4v) is 3.97. The van der Waals surface area contributed by atoms with Gasteiger partial charge < -0.3 is 15.9 Å². The molecule has 1 atom stereocenters. The van der Waals surface area contributed by atoms with Crippen molar-refractivity contribution < 1.29 is 11.0 Å². The Morgan fingerprint density at radius 3 is 2.32 bits per heavy atom. The molecule has 2 rings (SSSR count). The Hall–Kier alpha value is -0.260. The minimum Gasteiger partial charge on any atom is -0.412 e. The van der Waals surface area contributed by atoms with Crippen LogP contribution in [0.15, 0.2) is 23.1 Å². The van der Waals surface area contributed by atoms with Gasteiger partial charge in [0.2, 0.25) is 0 Å². The van der Waals surface area contributed by atoms with Gasteiger partial charge in [-0.25, -0.2) is 0 Å². The Labute approximate surface area is 145 Å². The van der Waals surface area contributed by atoms with Crippen LogP contribution in [0.3, 0.4) is 0 Å². The Balaban J connectivity index is 0. The van der Waals surface area contributed by atoms with Crippen LogP contribution in [0.5, 0.6) is 0 Å². The fraction of sp³-hybridized carbons (Fsp3) is 0.647. The van der Waals surface area contributed by atoms with Crippen LogP contribution in [0.2, 0.25) is 0 Å². The highest BCUT2D eigenvalue weighted by molar-refractivity contribution is 7.98. The average Bonchev–Trinajstić information content (AvgIpc) is 2.46. The zero-order chi connectivity index (χ0) is 13.7. The van der Waals surface area contributed by atoms with Gasteiger partial charge in [-0.3, -0.25) is 0 Å². The molecule has 1 aliphatic carbocycles. The first-order valence-corrected chi connectivity index (χ1v) is 8.91. The highest BCUT2D eigenvalue weighted by atomic mass is 35.5. The van der Waals surface area contributed by atoms with E-state index in [-0.39, 0.29) is 23.4 Å². The third-order valence-electron chi connectivity index (χ3n) is 4.17. The number of thioether (sulfide) groups is 1. The van der Waals surface area contributed by atoms with Gasteiger partial charge in [-0.2, -0.15) is 0 Å². The maximum Gasteiger partial charge on any atom is 0.0139 e. The van der Waals surface area contributed by atoms with E-state index in [1.807, 2.05) is 11.8 Å². The number of benzene rings is 1. The number of aryl methyl sites for hydroxylation is 1. The molecular weight excluding hydrogens is 318 g/mol. The van der Waals surface area contributed by atoms with Crippen molar-refractivity contribution in [2.45, 2.75) is 56.9 Å². The molecule has 0 aliphatic heterocycles. The van der Waals surface area contributed by atoms with E-state index in [9.17, 15) is 0 Å². The minimum absolute atomic E-state index is 0. The summed E-state index contributed by atoms with van der Waals surface area (Å²) in [6.45, 7) is 7.12. The van der Waals surface area contributed by atoms with Crippen LogP contribution in [0.1, 0.15) is 44.2 Å². The fourth-order valence-electron chi connectivity index (χ4n) is 3.29. The van der Waals surface area contributed by atoms with E-state index >= 15 is 0 Å². The topological polar surface area (TPSA) is 66.2 Å². The molecule has 1 aliphatic rings. The van der Waals surface area contributed by atoms with Crippen molar-refractivity contribution >= 4 is 24.2 Å². The van der Waals surface area contributed by atoms with Crippen molar-refractivity contribution in [2.24, 2.45) is 0 Å². The molecule has 0 saturated heterocycles. The molecule has 0 radical (unpaired) electrons. The van der Waals surface area contributed by atoms with Crippen molar-refractivity contribution in [3.63, 3.8) is 0 Å². The summed E-state index contributed by atoms with van der Waals surface area (Å²) >= 11 is 1.91. The van der Waals surface area contributed by atoms with Gasteiger partial charge in [-0.05, 0) is 68.6 Å². The van der Waals surface area contributed by atoms with E-state index in [2.05, 4.69) is 43.2 Å². The van der Waals surface area contributed by atoms with Crippen LogP contribution >= 0.6 is 24.2 Å². The van der Waals surface area contributed by atoms with Crippen LogP contribution < -0.4 is 0 Å². The van der Waals surface area contributed by atoms with Gasteiger partial charge in [-0.15, -0.1) is 24.2 Å². The van der Waals surface area contributed by atoms with Gasteiger partial charge in [0.05, 0.1) is 0 Å². The van der Waals surface area contributed by atoms with Gasteiger partial charge in [0.1, 0.15) is 0 Å². The maximum absolute atomic E-state index is 2.72. The second kappa shape index (κ2) is 12.2. The number of rotatable bonds is 6. The van der Waals surface area contributed by atoms with E-state index in [1.54, 1.807) is 11.1 Å². The van der Waals surface area contributed by atoms with E-state index in [0.29, 0.717) is 0 Å². The smallest absolute Gasteiger partial charge is 0.0139 e. The molecular formula is C17H32ClNO2S. The molecule has 1 aromatic rings. The first kappa shape index (κ1) is 24.0. The highest BCUT2D eigenvalue weighted by Gasteiger charge is 2.24. The van der Waals surface area contributed by atoms with Crippen molar-refractivity contribution in [3.8, 4) is 0 Å². The number of hydrogen-bond donors (Lipinski definition) is 0. The van der Waals surface area contributed by atoms with Crippen molar-refractivity contribution in [2.75, 3.05) is 19.3 Å². The number of hydrogen-bond acceptors (Lipinski definition) is 2. The lowest BCUT2D eigenvalue weighted by atomic mass is 9.87. The molecule has 130 valence electrons. The summed E-state index contributed by atoms with van der Waals surface area (Å²) in [4.78, 5) is 4.22.